The maximum atomic E-state index is 14.6. The number of alkyl halides is 2. The smallest absolute Gasteiger partial charge is 0.263 e. The van der Waals surface area contributed by atoms with Gasteiger partial charge in [0.05, 0.1) is 11.6 Å². The molecule has 33 heavy (non-hydrogen) atoms. The Kier molecular flexibility index (Phi) is 6.51. The second-order valence-electron chi connectivity index (χ2n) is 8.32. The number of aliphatic hydroxyl groups is 2. The number of rotatable bonds is 6. The maximum absolute atomic E-state index is 14.6. The van der Waals surface area contributed by atoms with E-state index in [0.717, 1.165) is 17.3 Å². The summed E-state index contributed by atoms with van der Waals surface area (Å²) in [5.74, 6) is -0.243. The number of fused-ring (bicyclic) bond motifs is 1. The van der Waals surface area contributed by atoms with Crippen LogP contribution in [-0.4, -0.2) is 45.9 Å². The molecular weight excluding hydrogens is 437 g/mol. The molecule has 1 fully saturated rings. The third kappa shape index (κ3) is 4.25. The number of nitrogens with zero attached hydrogens (tertiary/aromatic N) is 2. The fourth-order valence-corrected chi connectivity index (χ4v) is 4.63. The number of nitrogens with two attached hydrogens (primary N) is 1. The minimum Gasteiger partial charge on any atom is -0.487 e. The molecule has 1 aromatic carbocycles. The molecule has 0 bridgehead atoms. The van der Waals surface area contributed by atoms with E-state index in [1.165, 1.54) is 22.9 Å². The van der Waals surface area contributed by atoms with Crippen LogP contribution in [0.5, 0.6) is 5.75 Å². The van der Waals surface area contributed by atoms with E-state index in [-0.39, 0.29) is 34.8 Å². The van der Waals surface area contributed by atoms with Gasteiger partial charge in [-0.15, -0.1) is 0 Å². The van der Waals surface area contributed by atoms with E-state index >= 15 is 0 Å². The average molecular weight is 464 g/mol. The molecule has 4 rings (SSSR count). The lowest BCUT2D eigenvalue weighted by Crippen LogP contribution is -2.35. The van der Waals surface area contributed by atoms with Gasteiger partial charge in [-0.2, -0.15) is 0 Å². The first kappa shape index (κ1) is 23.3. The van der Waals surface area contributed by atoms with Crippen LogP contribution in [0.3, 0.4) is 0 Å². The summed E-state index contributed by atoms with van der Waals surface area (Å²) >= 11 is 0. The minimum absolute atomic E-state index is 0.0175. The second kappa shape index (κ2) is 9.20. The Morgan fingerprint density at radius 2 is 2.12 bits per heavy atom. The molecule has 0 saturated heterocycles. The molecule has 2 aliphatic rings. The van der Waals surface area contributed by atoms with Gasteiger partial charge >= 0.3 is 0 Å². The van der Waals surface area contributed by atoms with E-state index in [1.807, 2.05) is 0 Å². The highest BCUT2D eigenvalue weighted by Gasteiger charge is 2.45. The average Bonchev–Trinajstić information content (AvgIpc) is 3.24. The molecular formula is C23H27F3N4O3. The van der Waals surface area contributed by atoms with Crippen LogP contribution in [0.4, 0.5) is 19.0 Å². The van der Waals surface area contributed by atoms with Crippen LogP contribution in [0.2, 0.25) is 0 Å². The van der Waals surface area contributed by atoms with Gasteiger partial charge in [0.2, 0.25) is 0 Å². The molecule has 4 unspecified atom stereocenters. The molecule has 0 spiro atoms. The summed E-state index contributed by atoms with van der Waals surface area (Å²) in [6.45, 7) is 6.35. The SMILES string of the molecule is C=C(N)c1c(F)cn(C2CC(Oc3cc(C(F)F)cc4c3CNCC4)C(O)C2O)c1N=CC. The number of aliphatic hydroxyl groups excluding tert-OH is 2. The van der Waals surface area contributed by atoms with Gasteiger partial charge in [0, 0.05) is 42.2 Å². The van der Waals surface area contributed by atoms with Crippen LogP contribution >= 0.6 is 0 Å². The molecule has 7 nitrogen and oxygen atoms in total. The van der Waals surface area contributed by atoms with E-state index in [9.17, 15) is 23.4 Å². The minimum atomic E-state index is -2.67. The van der Waals surface area contributed by atoms with Crippen LogP contribution in [-0.2, 0) is 13.0 Å². The first-order valence-electron chi connectivity index (χ1n) is 10.7. The zero-order valence-electron chi connectivity index (χ0n) is 18.1. The molecule has 2 aromatic rings. The molecule has 178 valence electrons. The van der Waals surface area contributed by atoms with Crippen molar-refractivity contribution in [3.8, 4) is 5.75 Å². The Hall–Kier alpha value is -2.82. The third-order valence-electron chi connectivity index (χ3n) is 6.22. The third-order valence-corrected chi connectivity index (χ3v) is 6.22. The molecule has 5 N–H and O–H groups in total. The number of aliphatic imine (C=N–C) groups is 1. The van der Waals surface area contributed by atoms with Crippen molar-refractivity contribution in [2.24, 2.45) is 10.7 Å². The van der Waals surface area contributed by atoms with Crippen LogP contribution in [0.25, 0.3) is 5.70 Å². The fraction of sp³-hybridized carbons (Fsp3) is 0.435. The first-order chi connectivity index (χ1) is 15.7. The molecule has 1 aromatic heterocycles. The number of hydrogen-bond acceptors (Lipinski definition) is 6. The zero-order valence-corrected chi connectivity index (χ0v) is 18.1. The van der Waals surface area contributed by atoms with Crippen molar-refractivity contribution < 1.29 is 28.1 Å². The van der Waals surface area contributed by atoms with Crippen molar-refractivity contribution >= 4 is 17.7 Å². The van der Waals surface area contributed by atoms with Crippen LogP contribution in [0.1, 0.15) is 48.1 Å². The van der Waals surface area contributed by atoms with E-state index < -0.39 is 36.6 Å². The van der Waals surface area contributed by atoms with Gasteiger partial charge in [-0.1, -0.05) is 6.58 Å². The standard InChI is InChI=1S/C23H27F3N4O3/c1-3-29-23-19(11(2)27)15(24)10-30(23)16-8-18(21(32)20(16)31)33-17-7-13(22(25)26)6-12-4-5-28-9-14(12)17/h3,6-7,10,16,18,20-22,28,31-32H,2,4-5,8-9,27H2,1H3. The van der Waals surface area contributed by atoms with Crippen molar-refractivity contribution in [3.63, 3.8) is 0 Å². The quantitative estimate of drug-likeness (QED) is 0.492. The summed E-state index contributed by atoms with van der Waals surface area (Å²) in [4.78, 5) is 4.18. The maximum Gasteiger partial charge on any atom is 0.263 e. The van der Waals surface area contributed by atoms with Gasteiger partial charge < -0.3 is 30.6 Å². The molecule has 0 amide bonds. The van der Waals surface area contributed by atoms with Crippen molar-refractivity contribution in [2.45, 2.75) is 57.1 Å². The second-order valence-corrected chi connectivity index (χ2v) is 8.32. The van der Waals surface area contributed by atoms with Crippen molar-refractivity contribution in [2.75, 3.05) is 6.54 Å². The number of nitrogens with one attached hydrogen (secondary N) is 1. The summed E-state index contributed by atoms with van der Waals surface area (Å²) in [5.41, 5.74) is 7.09. The van der Waals surface area contributed by atoms with Crippen LogP contribution in [0.15, 0.2) is 29.9 Å². The Balaban J connectivity index is 1.67. The van der Waals surface area contributed by atoms with Crippen LogP contribution < -0.4 is 15.8 Å². The summed E-state index contributed by atoms with van der Waals surface area (Å²) in [6.07, 6.45) is -2.92. The summed E-state index contributed by atoms with van der Waals surface area (Å²) in [5, 5.41) is 24.7. The predicted molar refractivity (Wildman–Crippen MR) is 118 cm³/mol. The van der Waals surface area contributed by atoms with Gasteiger partial charge in [-0.25, -0.2) is 18.2 Å². The molecule has 1 aliphatic heterocycles. The van der Waals surface area contributed by atoms with Crippen molar-refractivity contribution in [3.05, 3.63) is 53.0 Å². The van der Waals surface area contributed by atoms with Gasteiger partial charge in [0.25, 0.3) is 6.43 Å². The lowest BCUT2D eigenvalue weighted by molar-refractivity contribution is -0.0169. The van der Waals surface area contributed by atoms with Crippen molar-refractivity contribution in [1.82, 2.24) is 9.88 Å². The molecule has 2 heterocycles. The number of halogens is 3. The first-order valence-corrected chi connectivity index (χ1v) is 10.7. The number of hydrogen-bond donors (Lipinski definition) is 4. The largest absolute Gasteiger partial charge is 0.487 e. The Morgan fingerprint density at radius 3 is 2.79 bits per heavy atom. The molecule has 0 radical (unpaired) electrons. The monoisotopic (exact) mass is 464 g/mol. The fourth-order valence-electron chi connectivity index (χ4n) is 4.63. The summed E-state index contributed by atoms with van der Waals surface area (Å²) in [7, 11) is 0. The number of ether oxygens (including phenoxy) is 1. The molecule has 10 heteroatoms. The van der Waals surface area contributed by atoms with Gasteiger partial charge in [0.15, 0.2) is 5.82 Å². The Morgan fingerprint density at radius 1 is 1.36 bits per heavy atom. The lowest BCUT2D eigenvalue weighted by Gasteiger charge is -2.25. The number of benzene rings is 1. The van der Waals surface area contributed by atoms with E-state index in [1.54, 1.807) is 6.92 Å². The Bertz CT molecular complexity index is 1090. The Labute approximate surface area is 189 Å². The highest BCUT2D eigenvalue weighted by Crippen LogP contribution is 2.41. The van der Waals surface area contributed by atoms with Gasteiger partial charge in [-0.3, -0.25) is 0 Å². The molecule has 4 atom stereocenters. The van der Waals surface area contributed by atoms with Gasteiger partial charge in [0.1, 0.15) is 29.9 Å². The highest BCUT2D eigenvalue weighted by atomic mass is 19.3. The van der Waals surface area contributed by atoms with E-state index in [0.29, 0.717) is 19.5 Å². The zero-order chi connectivity index (χ0) is 23.9. The van der Waals surface area contributed by atoms with Gasteiger partial charge in [-0.05, 0) is 37.6 Å². The lowest BCUT2D eigenvalue weighted by atomic mass is 9.97. The summed E-state index contributed by atoms with van der Waals surface area (Å²) in [6, 6.07) is 1.98. The molecule has 1 saturated carbocycles. The summed E-state index contributed by atoms with van der Waals surface area (Å²) < 4.78 is 48.9. The van der Waals surface area contributed by atoms with E-state index in [4.69, 9.17) is 10.5 Å². The molecule has 1 aliphatic carbocycles. The van der Waals surface area contributed by atoms with E-state index in [2.05, 4.69) is 16.9 Å². The number of aromatic nitrogens is 1. The topological polar surface area (TPSA) is 105 Å². The normalized spacial score (nSPS) is 25.1. The van der Waals surface area contributed by atoms with Crippen molar-refractivity contribution in [1.29, 1.82) is 0 Å². The predicted octanol–water partition coefficient (Wildman–Crippen LogP) is 2.98. The van der Waals surface area contributed by atoms with Crippen LogP contribution in [0, 0.1) is 5.82 Å². The highest BCUT2D eigenvalue weighted by molar-refractivity contribution is 5.73.